The molecule has 7 heteroatoms. The van der Waals surface area contributed by atoms with Gasteiger partial charge < -0.3 is 9.88 Å². The number of H-pyrrole nitrogens is 1. The van der Waals surface area contributed by atoms with Crippen LogP contribution < -0.4 is 0 Å². The fraction of sp³-hybridized carbons (Fsp3) is 0.154. The van der Waals surface area contributed by atoms with Crippen molar-refractivity contribution in [1.82, 2.24) is 19.9 Å². The summed E-state index contributed by atoms with van der Waals surface area (Å²) in [5.74, 6) is -0.290. The lowest BCUT2D eigenvalue weighted by Gasteiger charge is -2.45. The van der Waals surface area contributed by atoms with Crippen molar-refractivity contribution in [2.75, 3.05) is 6.54 Å². The zero-order chi connectivity index (χ0) is 22.4. The Hall–Kier alpha value is -4.26. The number of hydrazone groups is 1. The molecule has 162 valence electrons. The first kappa shape index (κ1) is 19.4. The van der Waals surface area contributed by atoms with Gasteiger partial charge in [0.05, 0.1) is 12.3 Å². The smallest absolute Gasteiger partial charge is 0.266 e. The molecule has 2 aromatic heterocycles. The minimum absolute atomic E-state index is 0.0875. The third-order valence-corrected chi connectivity index (χ3v) is 6.41. The second kappa shape index (κ2) is 7.70. The number of amides is 2. The molecule has 0 saturated carbocycles. The van der Waals surface area contributed by atoms with Crippen molar-refractivity contribution in [1.29, 1.82) is 0 Å². The molecule has 2 aromatic carbocycles. The highest BCUT2D eigenvalue weighted by atomic mass is 16.2. The number of pyridine rings is 1. The minimum atomic E-state index is -0.613. The number of nitrogens with zero attached hydrogens (tertiary/aromatic N) is 4. The number of benzene rings is 2. The maximum atomic E-state index is 13.6. The quantitative estimate of drug-likeness (QED) is 0.502. The zero-order valence-electron chi connectivity index (χ0n) is 17.8. The topological polar surface area (TPSA) is 81.7 Å². The number of aromatic amines is 1. The van der Waals surface area contributed by atoms with Crippen LogP contribution in [0.15, 0.2) is 84.2 Å². The Morgan fingerprint density at radius 1 is 0.970 bits per heavy atom. The first-order valence-corrected chi connectivity index (χ1v) is 10.9. The van der Waals surface area contributed by atoms with Crippen LogP contribution in [0.2, 0.25) is 0 Å². The average molecular weight is 435 g/mol. The zero-order valence-corrected chi connectivity index (χ0v) is 17.8. The van der Waals surface area contributed by atoms with Crippen LogP contribution in [0.5, 0.6) is 0 Å². The maximum absolute atomic E-state index is 13.6. The molecular formula is C26H21N5O2. The molecule has 0 spiro atoms. The first-order chi connectivity index (χ1) is 16.2. The molecule has 1 saturated heterocycles. The fourth-order valence-corrected chi connectivity index (χ4v) is 4.91. The number of hydrogen-bond donors (Lipinski definition) is 1. The summed E-state index contributed by atoms with van der Waals surface area (Å²) in [5.41, 5.74) is 4.87. The van der Waals surface area contributed by atoms with Gasteiger partial charge in [0.15, 0.2) is 0 Å². The van der Waals surface area contributed by atoms with Gasteiger partial charge >= 0.3 is 0 Å². The lowest BCUT2D eigenvalue weighted by molar-refractivity contribution is -0.158. The summed E-state index contributed by atoms with van der Waals surface area (Å²) in [7, 11) is 0. The van der Waals surface area contributed by atoms with Gasteiger partial charge in [0.25, 0.3) is 5.91 Å². The Morgan fingerprint density at radius 2 is 1.73 bits per heavy atom. The van der Waals surface area contributed by atoms with Crippen LogP contribution in [0.3, 0.4) is 0 Å². The molecule has 2 aliphatic heterocycles. The summed E-state index contributed by atoms with van der Waals surface area (Å²) < 4.78 is 0. The van der Waals surface area contributed by atoms with E-state index in [1.807, 2.05) is 48.5 Å². The molecule has 0 aliphatic carbocycles. The fourth-order valence-electron chi connectivity index (χ4n) is 4.91. The number of fused-ring (bicyclic) bond motifs is 4. The summed E-state index contributed by atoms with van der Waals surface area (Å²) in [4.78, 5) is 36.3. The monoisotopic (exact) mass is 435 g/mol. The van der Waals surface area contributed by atoms with E-state index in [0.29, 0.717) is 6.42 Å². The summed E-state index contributed by atoms with van der Waals surface area (Å²) in [6, 6.07) is 20.6. The second-order valence-electron chi connectivity index (χ2n) is 8.32. The molecule has 4 aromatic rings. The molecule has 2 amide bonds. The number of piperazine rings is 1. The molecule has 0 radical (unpaired) electrons. The molecule has 6 rings (SSSR count). The number of carbonyl (C=O) groups is 2. The third-order valence-electron chi connectivity index (χ3n) is 6.41. The summed E-state index contributed by atoms with van der Waals surface area (Å²) in [6.07, 6.45) is 5.37. The lowest BCUT2D eigenvalue weighted by atomic mass is 9.86. The number of rotatable bonds is 3. The van der Waals surface area contributed by atoms with Crippen molar-refractivity contribution in [2.45, 2.75) is 18.5 Å². The van der Waals surface area contributed by atoms with Crippen molar-refractivity contribution in [3.63, 3.8) is 0 Å². The van der Waals surface area contributed by atoms with E-state index in [0.717, 1.165) is 33.3 Å². The highest BCUT2D eigenvalue weighted by Gasteiger charge is 2.48. The van der Waals surface area contributed by atoms with E-state index >= 15 is 0 Å². The lowest BCUT2D eigenvalue weighted by Crippen LogP contribution is -2.61. The van der Waals surface area contributed by atoms with Gasteiger partial charge in [0.1, 0.15) is 12.6 Å². The molecule has 0 bridgehead atoms. The summed E-state index contributed by atoms with van der Waals surface area (Å²) in [6.45, 7) is -0.0875. The molecule has 1 N–H and O–H groups in total. The van der Waals surface area contributed by atoms with Crippen molar-refractivity contribution in [3.8, 4) is 0 Å². The highest BCUT2D eigenvalue weighted by Crippen LogP contribution is 2.42. The van der Waals surface area contributed by atoms with Crippen LogP contribution in [-0.4, -0.2) is 50.5 Å². The van der Waals surface area contributed by atoms with Gasteiger partial charge in [0, 0.05) is 35.4 Å². The van der Waals surface area contributed by atoms with Gasteiger partial charge in [-0.15, -0.1) is 0 Å². The standard InChI is InChI=1S/C26H21N5O2/c32-23-16-30(28-15-17-10-12-27-13-11-17)26(33)22-14-20-19-8-4-5-9-21(19)29-24(20)25(31(22)23)18-6-2-1-3-7-18/h1-13,15,22,25,29H,14,16H2. The average Bonchev–Trinajstić information content (AvgIpc) is 3.23. The number of nitrogens with one attached hydrogen (secondary N) is 1. The van der Waals surface area contributed by atoms with E-state index in [1.54, 1.807) is 35.6 Å². The van der Waals surface area contributed by atoms with Crippen molar-refractivity contribution < 1.29 is 9.59 Å². The van der Waals surface area contributed by atoms with Gasteiger partial charge in [0.2, 0.25) is 5.91 Å². The normalized spacial score (nSPS) is 20.4. The van der Waals surface area contributed by atoms with Crippen LogP contribution in [-0.2, 0) is 16.0 Å². The predicted octanol–water partition coefficient (Wildman–Crippen LogP) is 3.28. The molecule has 4 heterocycles. The molecular weight excluding hydrogens is 414 g/mol. The number of aromatic nitrogens is 2. The maximum Gasteiger partial charge on any atom is 0.266 e. The Labute approximate surface area is 190 Å². The molecule has 1 fully saturated rings. The van der Waals surface area contributed by atoms with Crippen LogP contribution in [0.4, 0.5) is 0 Å². The summed E-state index contributed by atoms with van der Waals surface area (Å²) >= 11 is 0. The predicted molar refractivity (Wildman–Crippen MR) is 124 cm³/mol. The Morgan fingerprint density at radius 3 is 2.55 bits per heavy atom. The number of carbonyl (C=O) groups excluding carboxylic acids is 2. The minimum Gasteiger partial charge on any atom is -0.356 e. The van der Waals surface area contributed by atoms with Gasteiger partial charge in [-0.05, 0) is 34.9 Å². The van der Waals surface area contributed by atoms with Crippen LogP contribution >= 0.6 is 0 Å². The van der Waals surface area contributed by atoms with Crippen LogP contribution in [0.25, 0.3) is 10.9 Å². The Kier molecular flexibility index (Phi) is 4.54. The Balaban J connectivity index is 1.44. The van der Waals surface area contributed by atoms with E-state index in [-0.39, 0.29) is 24.4 Å². The van der Waals surface area contributed by atoms with Crippen molar-refractivity contribution >= 4 is 28.9 Å². The molecule has 2 atom stereocenters. The van der Waals surface area contributed by atoms with Gasteiger partial charge in [-0.3, -0.25) is 14.6 Å². The van der Waals surface area contributed by atoms with E-state index < -0.39 is 6.04 Å². The van der Waals surface area contributed by atoms with Gasteiger partial charge in [-0.1, -0.05) is 48.5 Å². The Bertz CT molecular complexity index is 1380. The third kappa shape index (κ3) is 3.20. The number of hydrogen-bond acceptors (Lipinski definition) is 4. The highest BCUT2D eigenvalue weighted by molar-refractivity contribution is 5.98. The van der Waals surface area contributed by atoms with Gasteiger partial charge in [-0.2, -0.15) is 5.10 Å². The molecule has 2 unspecified atom stereocenters. The first-order valence-electron chi connectivity index (χ1n) is 10.9. The van der Waals surface area contributed by atoms with E-state index in [9.17, 15) is 9.59 Å². The van der Waals surface area contributed by atoms with Crippen molar-refractivity contribution in [3.05, 3.63) is 102 Å². The largest absolute Gasteiger partial charge is 0.356 e. The van der Waals surface area contributed by atoms with Gasteiger partial charge in [-0.25, -0.2) is 5.01 Å². The number of para-hydroxylation sites is 1. The second-order valence-corrected chi connectivity index (χ2v) is 8.32. The molecule has 7 nitrogen and oxygen atoms in total. The molecule has 2 aliphatic rings. The van der Waals surface area contributed by atoms with E-state index in [2.05, 4.69) is 21.1 Å². The van der Waals surface area contributed by atoms with Crippen LogP contribution in [0, 0.1) is 0 Å². The molecule has 33 heavy (non-hydrogen) atoms. The summed E-state index contributed by atoms with van der Waals surface area (Å²) in [5, 5.41) is 6.74. The van der Waals surface area contributed by atoms with Crippen molar-refractivity contribution in [2.24, 2.45) is 5.10 Å². The van der Waals surface area contributed by atoms with E-state index in [1.165, 1.54) is 5.01 Å². The van der Waals surface area contributed by atoms with E-state index in [4.69, 9.17) is 0 Å². The SMILES string of the molecule is O=C1C2Cc3c([nH]c4ccccc34)C(c3ccccc3)N2C(=O)CN1N=Cc1ccncc1. The van der Waals surface area contributed by atoms with Crippen LogP contribution in [0.1, 0.15) is 28.4 Å².